The maximum Gasteiger partial charge on any atom is 0.202 e. The van der Waals surface area contributed by atoms with Crippen LogP contribution in [0.5, 0.6) is 17.2 Å². The number of carbonyl (C=O) groups excluding carboxylic acids is 3. The van der Waals surface area contributed by atoms with Crippen molar-refractivity contribution in [3.05, 3.63) is 51.6 Å². The molecule has 1 heterocycles. The fourth-order valence-corrected chi connectivity index (χ4v) is 5.75. The SMILES string of the molecule is COc1cccc2c1C(=O)c1c(O)c3c(c(O)c1C2=O)C[C@@](O)(C(=O)CO)C[C@@H]3O[C@H]1C[C@H](N)[C@H](O)[C@H](C)O1.[Pt]. The summed E-state index contributed by atoms with van der Waals surface area (Å²) in [5.41, 5.74) is 2.37. The number of fused-ring (bicyclic) bond motifs is 3. The number of hydrogen-bond acceptors (Lipinski definition) is 12. The third-order valence-corrected chi connectivity index (χ3v) is 7.81. The number of rotatable bonds is 5. The number of aliphatic hydroxyl groups excluding tert-OH is 2. The van der Waals surface area contributed by atoms with Crippen LogP contribution in [0.3, 0.4) is 0 Å². The van der Waals surface area contributed by atoms with Gasteiger partial charge in [-0.15, -0.1) is 0 Å². The fourth-order valence-electron chi connectivity index (χ4n) is 5.75. The minimum atomic E-state index is -2.24. The van der Waals surface area contributed by atoms with Crippen LogP contribution < -0.4 is 10.5 Å². The molecule has 2 aromatic carbocycles. The van der Waals surface area contributed by atoms with E-state index in [1.54, 1.807) is 6.92 Å². The van der Waals surface area contributed by atoms with Crippen LogP contribution in [0, 0.1) is 0 Å². The van der Waals surface area contributed by atoms with Gasteiger partial charge >= 0.3 is 0 Å². The molecule has 218 valence electrons. The van der Waals surface area contributed by atoms with Gasteiger partial charge in [0, 0.05) is 63.1 Å². The quantitative estimate of drug-likeness (QED) is 0.192. The zero-order valence-electron chi connectivity index (χ0n) is 21.5. The van der Waals surface area contributed by atoms with E-state index in [1.807, 2.05) is 0 Å². The summed E-state index contributed by atoms with van der Waals surface area (Å²) in [4.78, 5) is 39.7. The van der Waals surface area contributed by atoms with Crippen molar-refractivity contribution < 1.29 is 75.2 Å². The van der Waals surface area contributed by atoms with Crippen LogP contribution >= 0.6 is 0 Å². The number of methoxy groups -OCH3 is 1. The molecule has 0 radical (unpaired) electrons. The molecule has 3 aliphatic rings. The van der Waals surface area contributed by atoms with E-state index in [4.69, 9.17) is 19.9 Å². The van der Waals surface area contributed by atoms with Crippen LogP contribution in [0.25, 0.3) is 0 Å². The van der Waals surface area contributed by atoms with Gasteiger partial charge in [0.25, 0.3) is 0 Å². The predicted molar refractivity (Wildman–Crippen MR) is 132 cm³/mol. The Morgan fingerprint density at radius 3 is 2.45 bits per heavy atom. The number of ketones is 3. The second-order valence-electron chi connectivity index (χ2n) is 10.2. The van der Waals surface area contributed by atoms with E-state index in [0.717, 1.165) is 0 Å². The molecule has 0 saturated carbocycles. The summed E-state index contributed by atoms with van der Waals surface area (Å²) in [6, 6.07) is 3.64. The number of nitrogens with two attached hydrogens (primary N) is 1. The minimum absolute atomic E-state index is 0. The van der Waals surface area contributed by atoms with E-state index in [1.165, 1.54) is 25.3 Å². The van der Waals surface area contributed by atoms with Crippen LogP contribution in [0.1, 0.15) is 68.8 Å². The van der Waals surface area contributed by atoms with Gasteiger partial charge in [-0.25, -0.2) is 0 Å². The Hall–Kier alpha value is -2.70. The van der Waals surface area contributed by atoms with E-state index in [2.05, 4.69) is 0 Å². The van der Waals surface area contributed by atoms with Crippen molar-refractivity contribution in [1.29, 1.82) is 0 Å². The van der Waals surface area contributed by atoms with Gasteiger partial charge in [0.1, 0.15) is 29.5 Å². The zero-order chi connectivity index (χ0) is 28.4. The summed E-state index contributed by atoms with van der Waals surface area (Å²) in [6.45, 7) is 0.560. The van der Waals surface area contributed by atoms with Crippen molar-refractivity contribution >= 4 is 17.3 Å². The average Bonchev–Trinajstić information content (AvgIpc) is 2.90. The molecule has 7 N–H and O–H groups in total. The molecule has 2 aliphatic carbocycles. The standard InChI is InChI=1S/C27H29NO11.Pt/c1-10-22(31)13(28)6-17(38-10)39-15-8-27(36,16(30)9-29)7-12-19(15)26(35)21-20(24(12)33)23(32)11-4-3-5-14(37-2)18(11)25(21)34;/h3-5,10,13,15,17,22,29,31,33,35-36H,6-9,28H2,1-2H3;/t10-,13-,15-,17-,22+,27-;/m0./s1. The predicted octanol–water partition coefficient (Wildman–Crippen LogP) is -0.00120. The number of aromatic hydroxyl groups is 2. The molecule has 5 rings (SSSR count). The second-order valence-corrected chi connectivity index (χ2v) is 10.2. The number of carbonyl (C=O) groups is 3. The Kier molecular flexibility index (Phi) is 8.28. The molecule has 0 unspecified atom stereocenters. The van der Waals surface area contributed by atoms with Crippen molar-refractivity contribution in [3.8, 4) is 17.2 Å². The molecule has 0 aromatic heterocycles. The summed E-state index contributed by atoms with van der Waals surface area (Å²) in [6.07, 6.45) is -5.12. The number of aliphatic hydroxyl groups is 3. The molecular formula is C27H29NO11Pt. The summed E-state index contributed by atoms with van der Waals surface area (Å²) >= 11 is 0. The molecule has 2 aromatic rings. The van der Waals surface area contributed by atoms with E-state index in [9.17, 15) is 39.9 Å². The largest absolute Gasteiger partial charge is 0.507 e. The van der Waals surface area contributed by atoms with Crippen LogP contribution in [0.4, 0.5) is 0 Å². The molecule has 1 aliphatic heterocycles. The van der Waals surface area contributed by atoms with Crippen molar-refractivity contribution in [2.75, 3.05) is 13.7 Å². The smallest absolute Gasteiger partial charge is 0.202 e. The Balaban J connectivity index is 0.00000370. The molecule has 0 bridgehead atoms. The fraction of sp³-hybridized carbons (Fsp3) is 0.444. The monoisotopic (exact) mass is 738 g/mol. The number of phenols is 2. The third kappa shape index (κ3) is 4.57. The summed E-state index contributed by atoms with van der Waals surface area (Å²) in [5, 5.41) is 53.7. The van der Waals surface area contributed by atoms with E-state index < -0.39 is 95.7 Å². The number of hydrogen-bond donors (Lipinski definition) is 6. The molecule has 6 atom stereocenters. The first kappa shape index (κ1) is 30.3. The van der Waals surface area contributed by atoms with Gasteiger partial charge in [0.05, 0.1) is 42.1 Å². The molecule has 13 heteroatoms. The zero-order valence-corrected chi connectivity index (χ0v) is 23.8. The molecule has 0 amide bonds. The first-order valence-electron chi connectivity index (χ1n) is 12.4. The van der Waals surface area contributed by atoms with Crippen LogP contribution in [0.2, 0.25) is 0 Å². The van der Waals surface area contributed by atoms with Gasteiger partial charge in [0.2, 0.25) is 5.78 Å². The van der Waals surface area contributed by atoms with Gasteiger partial charge in [-0.05, 0) is 13.0 Å². The first-order valence-corrected chi connectivity index (χ1v) is 12.4. The van der Waals surface area contributed by atoms with E-state index in [0.29, 0.717) is 0 Å². The maximum absolute atomic E-state index is 13.6. The molecular weight excluding hydrogens is 709 g/mol. The van der Waals surface area contributed by atoms with Crippen molar-refractivity contribution in [1.82, 2.24) is 0 Å². The second kappa shape index (κ2) is 10.9. The van der Waals surface area contributed by atoms with Crippen LogP contribution in [-0.2, 0) is 41.8 Å². The summed E-state index contributed by atoms with van der Waals surface area (Å²) in [7, 11) is 1.32. The topological polar surface area (TPSA) is 206 Å². The number of phenolic OH excluding ortho intramolecular Hbond substituents is 2. The Labute approximate surface area is 242 Å². The first-order chi connectivity index (χ1) is 18.4. The minimum Gasteiger partial charge on any atom is -0.507 e. The van der Waals surface area contributed by atoms with Gasteiger partial charge in [-0.2, -0.15) is 0 Å². The Bertz CT molecular complexity index is 1380. The third-order valence-electron chi connectivity index (χ3n) is 7.81. The molecule has 1 saturated heterocycles. The molecule has 40 heavy (non-hydrogen) atoms. The molecule has 12 nitrogen and oxygen atoms in total. The molecule has 1 fully saturated rings. The normalized spacial score (nSPS) is 29.1. The Morgan fingerprint density at radius 1 is 1.15 bits per heavy atom. The van der Waals surface area contributed by atoms with E-state index in [-0.39, 0.29) is 55.5 Å². The summed E-state index contributed by atoms with van der Waals surface area (Å²) < 4.78 is 17.0. The summed E-state index contributed by atoms with van der Waals surface area (Å²) in [5.74, 6) is -3.77. The van der Waals surface area contributed by atoms with Crippen molar-refractivity contribution in [2.45, 2.75) is 62.4 Å². The van der Waals surface area contributed by atoms with Gasteiger partial charge in [-0.3, -0.25) is 14.4 Å². The van der Waals surface area contributed by atoms with Gasteiger partial charge in [0.15, 0.2) is 17.9 Å². The molecule has 0 spiro atoms. The van der Waals surface area contributed by atoms with Gasteiger partial charge < -0.3 is 45.5 Å². The van der Waals surface area contributed by atoms with Gasteiger partial charge in [-0.1, -0.05) is 12.1 Å². The number of Topliss-reactive ketones (excluding diaryl/α,β-unsaturated/α-hetero) is 1. The Morgan fingerprint density at radius 2 is 1.82 bits per heavy atom. The number of ether oxygens (including phenoxy) is 3. The average molecular weight is 739 g/mol. The maximum atomic E-state index is 13.6. The van der Waals surface area contributed by atoms with E-state index >= 15 is 0 Å². The van der Waals surface area contributed by atoms with Crippen molar-refractivity contribution in [2.24, 2.45) is 5.73 Å². The van der Waals surface area contributed by atoms with Crippen molar-refractivity contribution in [3.63, 3.8) is 0 Å². The number of benzene rings is 2. The van der Waals surface area contributed by atoms with Crippen LogP contribution in [0.15, 0.2) is 18.2 Å². The van der Waals surface area contributed by atoms with Crippen LogP contribution in [-0.4, -0.2) is 86.7 Å².